The molecule has 0 atom stereocenters. The van der Waals surface area contributed by atoms with Crippen molar-refractivity contribution < 1.29 is 54.4 Å². The summed E-state index contributed by atoms with van der Waals surface area (Å²) in [6, 6.07) is 8.85. The monoisotopic (exact) mass is 847 g/mol. The normalized spacial score (nSPS) is 18.7. The molecule has 2 aliphatic heterocycles. The summed E-state index contributed by atoms with van der Waals surface area (Å²) >= 11 is -10.5. The Hall–Kier alpha value is -2.49. The second kappa shape index (κ2) is 13.9. The van der Waals surface area contributed by atoms with Crippen molar-refractivity contribution in [3.63, 3.8) is 0 Å². The van der Waals surface area contributed by atoms with Crippen molar-refractivity contribution in [2.75, 3.05) is 29.5 Å². The van der Waals surface area contributed by atoms with Crippen LogP contribution in [0.2, 0.25) is 0 Å². The summed E-state index contributed by atoms with van der Waals surface area (Å²) in [6.07, 6.45) is 9.01. The first-order valence-electron chi connectivity index (χ1n) is 15.1. The van der Waals surface area contributed by atoms with E-state index in [0.717, 1.165) is 11.4 Å². The molecule has 268 valence electrons. The molecule has 2 aromatic carbocycles. The van der Waals surface area contributed by atoms with Crippen molar-refractivity contribution in [1.29, 1.82) is 0 Å². The Morgan fingerprint density at radius 1 is 0.755 bits per heavy atom. The molecule has 0 aromatic heterocycles. The molecule has 0 saturated heterocycles. The first-order valence-corrected chi connectivity index (χ1v) is 25.1. The van der Waals surface area contributed by atoms with Gasteiger partial charge in [-0.15, -0.1) is 0 Å². The number of benzene rings is 2. The van der Waals surface area contributed by atoms with Crippen LogP contribution in [0, 0.1) is 0 Å². The fourth-order valence-corrected chi connectivity index (χ4v) is 9.70. The molecule has 0 fully saturated rings. The molecule has 49 heavy (non-hydrogen) atoms. The van der Waals surface area contributed by atoms with Gasteiger partial charge in [-0.2, -0.15) is 0 Å². The Morgan fingerprint density at radius 2 is 1.31 bits per heavy atom. The van der Waals surface area contributed by atoms with Gasteiger partial charge in [0.05, 0.1) is 0 Å². The number of nitrogens with zero attached hydrogens (tertiary/aromatic N) is 2. The van der Waals surface area contributed by atoms with Gasteiger partial charge in [0.1, 0.15) is 0 Å². The molecule has 2 heterocycles. The van der Waals surface area contributed by atoms with Crippen LogP contribution in [0.25, 0.3) is 0 Å². The molecule has 0 bridgehead atoms. The summed E-state index contributed by atoms with van der Waals surface area (Å²) in [7, 11) is -8.42. The Bertz CT molecular complexity index is 2090. The third-order valence-electron chi connectivity index (χ3n) is 8.72. The number of hydrogen-bond donors (Lipinski definition) is 6. The average molecular weight is 848 g/mol. The number of hydrogen-bond acceptors (Lipinski definition) is 7. The third kappa shape index (κ3) is 9.06. The second-order valence-electron chi connectivity index (χ2n) is 13.0. The van der Waals surface area contributed by atoms with E-state index in [1.165, 1.54) is 24.3 Å². The first kappa shape index (κ1) is 39.3. The second-order valence-corrected chi connectivity index (χ2v) is 22.9. The molecular formula is C31H41As2N2O12S2+. The Morgan fingerprint density at radius 3 is 1.88 bits per heavy atom. The molecule has 0 aliphatic carbocycles. The van der Waals surface area contributed by atoms with E-state index in [-0.39, 0.29) is 34.6 Å². The minimum absolute atomic E-state index is 0.0881. The van der Waals surface area contributed by atoms with Gasteiger partial charge in [0.2, 0.25) is 0 Å². The fraction of sp³-hybridized carbons (Fsp3) is 0.387. The molecule has 0 amide bonds. The van der Waals surface area contributed by atoms with E-state index in [1.54, 1.807) is 42.5 Å². The van der Waals surface area contributed by atoms with Gasteiger partial charge in [-0.1, -0.05) is 0 Å². The van der Waals surface area contributed by atoms with Crippen LogP contribution < -0.4 is 13.6 Å². The van der Waals surface area contributed by atoms with Crippen molar-refractivity contribution in [2.24, 2.45) is 0 Å². The van der Waals surface area contributed by atoms with E-state index in [9.17, 15) is 49.8 Å². The SMILES string of the molecule is CC1(C)C(/C=C/C=C/C=C2\N(CCCS(=O)(=O)O)c3ccc([As](=O)(O)O)cc3C2(C)C)=[N+](CCCS(=O)(=O)O)c2ccc([As](=O)(O)O)cc21. The summed E-state index contributed by atoms with van der Waals surface area (Å²) < 4.78 is 129. The minimum atomic E-state index is -5.23. The molecule has 6 N–H and O–H groups in total. The van der Waals surface area contributed by atoms with Gasteiger partial charge in [-0.05, 0) is 0 Å². The number of allylic oxidation sites excluding steroid dienone is 6. The Labute approximate surface area is 291 Å². The summed E-state index contributed by atoms with van der Waals surface area (Å²) in [5, 5.41) is 0. The molecule has 0 radical (unpaired) electrons. The number of fused-ring (bicyclic) bond motifs is 2. The zero-order chi connectivity index (χ0) is 36.8. The van der Waals surface area contributed by atoms with E-state index in [2.05, 4.69) is 0 Å². The average Bonchev–Trinajstić information content (AvgIpc) is 3.29. The molecule has 14 nitrogen and oxygen atoms in total. The van der Waals surface area contributed by atoms with Crippen LogP contribution >= 0.6 is 0 Å². The van der Waals surface area contributed by atoms with Crippen molar-refractivity contribution in [2.45, 2.75) is 51.4 Å². The van der Waals surface area contributed by atoms with Crippen LogP contribution in [0.15, 0.2) is 72.5 Å². The quantitative estimate of drug-likeness (QED) is 0.0701. The van der Waals surface area contributed by atoms with Gasteiger partial charge in [-0.3, -0.25) is 0 Å². The molecular weight excluding hydrogens is 806 g/mol. The predicted molar refractivity (Wildman–Crippen MR) is 186 cm³/mol. The van der Waals surface area contributed by atoms with E-state index in [4.69, 9.17) is 0 Å². The predicted octanol–water partition coefficient (Wildman–Crippen LogP) is 0.535. The molecule has 2 aromatic rings. The fourth-order valence-electron chi connectivity index (χ4n) is 6.34. The van der Waals surface area contributed by atoms with Gasteiger partial charge in [0, 0.05) is 0 Å². The standard InChI is InChI=1S/C31H40As2N2O12S2/c1-30(2)24-20-22(32(36,37)38)12-14-26(24)34(16-8-18-48(42,43)44)28(30)10-6-5-7-11-29-31(3,4)25-21-23(33(39,40)41)13-15-27(25)35(29)17-9-19-49(45,46)47/h5-7,10-15,20-21H,8-9,16-19H2,1-4H3,(H5-,36,37,38,39,40,41,42,43,44,45,46,47)/p+1. The topological polar surface area (TPSA) is 230 Å². The van der Waals surface area contributed by atoms with Gasteiger partial charge >= 0.3 is 293 Å². The van der Waals surface area contributed by atoms with E-state index < -0.39 is 70.9 Å². The van der Waals surface area contributed by atoms with Crippen molar-refractivity contribution in [1.82, 2.24) is 0 Å². The third-order valence-corrected chi connectivity index (χ3v) is 14.3. The van der Waals surface area contributed by atoms with Crippen LogP contribution in [0.5, 0.6) is 0 Å². The van der Waals surface area contributed by atoms with Crippen molar-refractivity contribution in [3.8, 4) is 0 Å². The molecule has 18 heteroatoms. The van der Waals surface area contributed by atoms with Gasteiger partial charge in [-0.25, -0.2) is 0 Å². The maximum absolute atomic E-state index is 12.1. The van der Waals surface area contributed by atoms with Gasteiger partial charge in [0.15, 0.2) is 0 Å². The summed E-state index contributed by atoms with van der Waals surface area (Å²) in [6.45, 7) is 7.93. The summed E-state index contributed by atoms with van der Waals surface area (Å²) in [5.41, 5.74) is 2.56. The zero-order valence-electron chi connectivity index (χ0n) is 27.3. The van der Waals surface area contributed by atoms with Crippen LogP contribution in [0.3, 0.4) is 0 Å². The van der Waals surface area contributed by atoms with Crippen molar-refractivity contribution >= 4 is 74.4 Å². The number of rotatable bonds is 13. The van der Waals surface area contributed by atoms with Crippen LogP contribution in [0.4, 0.5) is 11.4 Å². The molecule has 4 rings (SSSR count). The Kier molecular flexibility index (Phi) is 11.2. The molecule has 0 unspecified atom stereocenters. The molecule has 0 saturated carbocycles. The summed E-state index contributed by atoms with van der Waals surface area (Å²) in [5.74, 6) is -0.939. The maximum atomic E-state index is 12.1. The first-order chi connectivity index (χ1) is 22.3. The summed E-state index contributed by atoms with van der Waals surface area (Å²) in [4.78, 5) is 1.85. The van der Waals surface area contributed by atoms with E-state index >= 15 is 0 Å². The number of anilines is 1. The van der Waals surface area contributed by atoms with E-state index in [1.807, 2.05) is 37.2 Å². The van der Waals surface area contributed by atoms with E-state index in [0.29, 0.717) is 22.5 Å². The van der Waals surface area contributed by atoms with Gasteiger partial charge in [0.25, 0.3) is 0 Å². The molecule has 2 aliphatic rings. The van der Waals surface area contributed by atoms with Crippen molar-refractivity contribution in [3.05, 3.63) is 83.6 Å². The zero-order valence-corrected chi connectivity index (χ0v) is 32.7. The van der Waals surface area contributed by atoms with Crippen LogP contribution in [-0.2, 0) is 38.5 Å². The van der Waals surface area contributed by atoms with Crippen LogP contribution in [0.1, 0.15) is 51.7 Å². The van der Waals surface area contributed by atoms with Crippen LogP contribution in [-0.4, -0.2) is 106 Å². The molecule has 0 spiro atoms. The Balaban J connectivity index is 1.71. The van der Waals surface area contributed by atoms with Gasteiger partial charge < -0.3 is 0 Å².